The standard InChI is InChI=1S/C20H27N3O/c1-14(2)20(24)23-10-8-18(15(3)13-23)22-12-16-6-7-19-17(11-16)5-4-9-21-19/h4-7,9,11,14-15,18,22H,8,10,12-13H2,1-3H3/t15-,18+/m1/s1. The molecule has 0 radical (unpaired) electrons. The van der Waals surface area contributed by atoms with Crippen molar-refractivity contribution in [1.82, 2.24) is 15.2 Å². The van der Waals surface area contributed by atoms with E-state index >= 15 is 0 Å². The molecule has 2 atom stereocenters. The van der Waals surface area contributed by atoms with Crippen molar-refractivity contribution in [2.75, 3.05) is 13.1 Å². The number of amides is 1. The number of benzene rings is 1. The maximum Gasteiger partial charge on any atom is 0.225 e. The average Bonchev–Trinajstić information content (AvgIpc) is 2.59. The minimum absolute atomic E-state index is 0.0907. The van der Waals surface area contributed by atoms with Gasteiger partial charge in [0.2, 0.25) is 5.91 Å². The first kappa shape index (κ1) is 16.9. The minimum atomic E-state index is 0.0907. The third-order valence-electron chi connectivity index (χ3n) is 4.95. The number of nitrogens with zero attached hydrogens (tertiary/aromatic N) is 2. The number of rotatable bonds is 4. The topological polar surface area (TPSA) is 45.2 Å². The van der Waals surface area contributed by atoms with Crippen LogP contribution in [0, 0.1) is 11.8 Å². The van der Waals surface area contributed by atoms with Gasteiger partial charge in [0.1, 0.15) is 0 Å². The van der Waals surface area contributed by atoms with Gasteiger partial charge in [-0.1, -0.05) is 32.9 Å². The molecule has 1 aliphatic rings. The fourth-order valence-electron chi connectivity index (χ4n) is 3.50. The zero-order valence-corrected chi connectivity index (χ0v) is 14.8. The molecule has 0 bridgehead atoms. The number of likely N-dealkylation sites (tertiary alicyclic amines) is 1. The van der Waals surface area contributed by atoms with Crippen LogP contribution in [0.5, 0.6) is 0 Å². The van der Waals surface area contributed by atoms with Crippen LogP contribution in [0.4, 0.5) is 0 Å². The molecule has 0 spiro atoms. The Bertz CT molecular complexity index is 713. The summed E-state index contributed by atoms with van der Waals surface area (Å²) in [7, 11) is 0. The third-order valence-corrected chi connectivity index (χ3v) is 4.95. The monoisotopic (exact) mass is 325 g/mol. The van der Waals surface area contributed by atoms with E-state index in [0.717, 1.165) is 31.6 Å². The van der Waals surface area contributed by atoms with Crippen LogP contribution in [0.1, 0.15) is 32.8 Å². The molecule has 1 aliphatic heterocycles. The first-order valence-corrected chi connectivity index (χ1v) is 8.90. The Morgan fingerprint density at radius 3 is 2.96 bits per heavy atom. The Morgan fingerprint density at radius 2 is 2.21 bits per heavy atom. The molecule has 2 aromatic rings. The van der Waals surface area contributed by atoms with E-state index in [-0.39, 0.29) is 11.8 Å². The summed E-state index contributed by atoms with van der Waals surface area (Å²) in [5.41, 5.74) is 2.32. The number of aromatic nitrogens is 1. The molecule has 4 nitrogen and oxygen atoms in total. The summed E-state index contributed by atoms with van der Waals surface area (Å²) >= 11 is 0. The van der Waals surface area contributed by atoms with Crippen molar-refractivity contribution in [1.29, 1.82) is 0 Å². The van der Waals surface area contributed by atoms with E-state index in [9.17, 15) is 4.79 Å². The van der Waals surface area contributed by atoms with Crippen LogP contribution in [-0.2, 0) is 11.3 Å². The van der Waals surface area contributed by atoms with Crippen LogP contribution in [0.25, 0.3) is 10.9 Å². The molecule has 3 rings (SSSR count). The number of piperidine rings is 1. The molecule has 0 aliphatic carbocycles. The number of carbonyl (C=O) groups is 1. The third kappa shape index (κ3) is 3.75. The van der Waals surface area contributed by atoms with Gasteiger partial charge in [-0.15, -0.1) is 0 Å². The van der Waals surface area contributed by atoms with Gasteiger partial charge in [0.05, 0.1) is 5.52 Å². The fraction of sp³-hybridized carbons (Fsp3) is 0.500. The highest BCUT2D eigenvalue weighted by Crippen LogP contribution is 2.20. The van der Waals surface area contributed by atoms with Crippen molar-refractivity contribution in [3.63, 3.8) is 0 Å². The van der Waals surface area contributed by atoms with Gasteiger partial charge in [-0.05, 0) is 36.1 Å². The molecule has 24 heavy (non-hydrogen) atoms. The van der Waals surface area contributed by atoms with E-state index in [1.807, 2.05) is 31.0 Å². The number of pyridine rings is 1. The van der Waals surface area contributed by atoms with Crippen molar-refractivity contribution >= 4 is 16.8 Å². The maximum atomic E-state index is 12.2. The minimum Gasteiger partial charge on any atom is -0.342 e. The Hall–Kier alpha value is -1.94. The van der Waals surface area contributed by atoms with Crippen LogP contribution in [0.15, 0.2) is 36.5 Å². The highest BCUT2D eigenvalue weighted by atomic mass is 16.2. The van der Waals surface area contributed by atoms with E-state index in [2.05, 4.69) is 41.5 Å². The molecule has 128 valence electrons. The second-order valence-corrected chi connectivity index (χ2v) is 7.22. The molecule has 1 aromatic carbocycles. The second kappa shape index (κ2) is 7.31. The zero-order chi connectivity index (χ0) is 17.1. The quantitative estimate of drug-likeness (QED) is 0.939. The number of carbonyl (C=O) groups excluding carboxylic acids is 1. The summed E-state index contributed by atoms with van der Waals surface area (Å²) in [6.07, 6.45) is 2.85. The number of fused-ring (bicyclic) bond motifs is 1. The number of hydrogen-bond acceptors (Lipinski definition) is 3. The van der Waals surface area contributed by atoms with Gasteiger partial charge in [-0.2, -0.15) is 0 Å². The molecule has 1 saturated heterocycles. The van der Waals surface area contributed by atoms with Crippen molar-refractivity contribution in [2.45, 2.75) is 39.8 Å². The normalized spacial score (nSPS) is 21.4. The van der Waals surface area contributed by atoms with Crippen molar-refractivity contribution in [2.24, 2.45) is 11.8 Å². The van der Waals surface area contributed by atoms with E-state index in [4.69, 9.17) is 0 Å². The van der Waals surface area contributed by atoms with Crippen LogP contribution < -0.4 is 5.32 Å². The molecule has 1 aromatic heterocycles. The first-order chi connectivity index (χ1) is 11.5. The van der Waals surface area contributed by atoms with Gasteiger partial charge in [0, 0.05) is 43.2 Å². The summed E-state index contributed by atoms with van der Waals surface area (Å²) in [6, 6.07) is 11.0. The first-order valence-electron chi connectivity index (χ1n) is 8.90. The van der Waals surface area contributed by atoms with Crippen LogP contribution in [0.3, 0.4) is 0 Å². The smallest absolute Gasteiger partial charge is 0.225 e. The van der Waals surface area contributed by atoms with Crippen molar-refractivity contribution < 1.29 is 4.79 Å². The SMILES string of the molecule is CC(C)C(=O)N1CC[C@H](NCc2ccc3ncccc3c2)[C@H](C)C1. The Balaban J connectivity index is 1.57. The lowest BCUT2D eigenvalue weighted by molar-refractivity contribution is -0.136. The summed E-state index contributed by atoms with van der Waals surface area (Å²) in [6.45, 7) is 8.77. The average molecular weight is 325 g/mol. The predicted molar refractivity (Wildman–Crippen MR) is 97.6 cm³/mol. The maximum absolute atomic E-state index is 12.2. The molecule has 2 heterocycles. The second-order valence-electron chi connectivity index (χ2n) is 7.22. The molecule has 1 fully saturated rings. The van der Waals surface area contributed by atoms with E-state index < -0.39 is 0 Å². The highest BCUT2D eigenvalue weighted by molar-refractivity contribution is 5.79. The van der Waals surface area contributed by atoms with Crippen LogP contribution >= 0.6 is 0 Å². The predicted octanol–water partition coefficient (Wildman–Crippen LogP) is 3.22. The molecule has 1 amide bonds. The van der Waals surface area contributed by atoms with E-state index in [1.54, 1.807) is 0 Å². The lowest BCUT2D eigenvalue weighted by atomic mass is 9.92. The molecule has 0 saturated carbocycles. The Labute approximate surface area is 144 Å². The molecule has 1 N–H and O–H groups in total. The largest absolute Gasteiger partial charge is 0.342 e. The lowest BCUT2D eigenvalue weighted by Gasteiger charge is -2.38. The van der Waals surface area contributed by atoms with Crippen LogP contribution in [0.2, 0.25) is 0 Å². The zero-order valence-electron chi connectivity index (χ0n) is 14.8. The summed E-state index contributed by atoms with van der Waals surface area (Å²) < 4.78 is 0. The molecular formula is C20H27N3O. The number of nitrogens with one attached hydrogen (secondary N) is 1. The van der Waals surface area contributed by atoms with Gasteiger partial charge in [0.25, 0.3) is 0 Å². The van der Waals surface area contributed by atoms with Gasteiger partial charge in [-0.3, -0.25) is 9.78 Å². The Morgan fingerprint density at radius 1 is 1.38 bits per heavy atom. The Kier molecular flexibility index (Phi) is 5.14. The van der Waals surface area contributed by atoms with Crippen molar-refractivity contribution in [3.8, 4) is 0 Å². The van der Waals surface area contributed by atoms with E-state index in [1.165, 1.54) is 10.9 Å². The van der Waals surface area contributed by atoms with Crippen molar-refractivity contribution in [3.05, 3.63) is 42.1 Å². The number of hydrogen-bond donors (Lipinski definition) is 1. The van der Waals surface area contributed by atoms with Gasteiger partial charge >= 0.3 is 0 Å². The van der Waals surface area contributed by atoms with E-state index in [0.29, 0.717) is 12.0 Å². The molecular weight excluding hydrogens is 298 g/mol. The summed E-state index contributed by atoms with van der Waals surface area (Å²) in [5, 5.41) is 4.87. The van der Waals surface area contributed by atoms with Gasteiger partial charge < -0.3 is 10.2 Å². The molecule has 4 heteroatoms. The van der Waals surface area contributed by atoms with Gasteiger partial charge in [-0.25, -0.2) is 0 Å². The fourth-order valence-corrected chi connectivity index (χ4v) is 3.50. The summed E-state index contributed by atoms with van der Waals surface area (Å²) in [4.78, 5) is 18.5. The highest BCUT2D eigenvalue weighted by Gasteiger charge is 2.29. The molecule has 0 unspecified atom stereocenters. The van der Waals surface area contributed by atoms with Gasteiger partial charge in [0.15, 0.2) is 0 Å². The summed E-state index contributed by atoms with van der Waals surface area (Å²) in [5.74, 6) is 0.846. The van der Waals surface area contributed by atoms with Crippen LogP contribution in [-0.4, -0.2) is 34.9 Å². The lowest BCUT2D eigenvalue weighted by Crippen LogP contribution is -2.50.